The van der Waals surface area contributed by atoms with E-state index in [0.717, 1.165) is 10.5 Å². The molecule has 2 aromatic rings. The van der Waals surface area contributed by atoms with Gasteiger partial charge in [-0.05, 0) is 30.7 Å². The molecule has 2 N–H and O–H groups in total. The molecule has 0 spiro atoms. The fourth-order valence-electron chi connectivity index (χ4n) is 1.75. The van der Waals surface area contributed by atoms with Gasteiger partial charge in [-0.3, -0.25) is 0 Å². The maximum Gasteiger partial charge on any atom is 0.354 e. The van der Waals surface area contributed by atoms with Gasteiger partial charge < -0.3 is 10.2 Å². The van der Waals surface area contributed by atoms with Crippen LogP contribution in [0, 0.1) is 6.92 Å². The van der Waals surface area contributed by atoms with Crippen molar-refractivity contribution in [2.24, 2.45) is 0 Å². The summed E-state index contributed by atoms with van der Waals surface area (Å²) in [5, 5.41) is 18.5. The van der Waals surface area contributed by atoms with Crippen LogP contribution in [-0.2, 0) is 0 Å². The molecule has 0 aliphatic carbocycles. The molecule has 5 nitrogen and oxygen atoms in total. The van der Waals surface area contributed by atoms with E-state index in [9.17, 15) is 9.59 Å². The molecular weight excluding hydrogens is 302 g/mol. The Morgan fingerprint density at radius 2 is 1.89 bits per heavy atom. The Bertz CT molecular complexity index is 681. The summed E-state index contributed by atoms with van der Waals surface area (Å²) in [6, 6.07) is 4.37. The van der Waals surface area contributed by atoms with Crippen LogP contribution in [0.15, 0.2) is 22.7 Å². The van der Waals surface area contributed by atoms with Crippen LogP contribution >= 0.6 is 15.9 Å². The van der Waals surface area contributed by atoms with E-state index in [-0.39, 0.29) is 11.3 Å². The number of aromatic nitrogens is 1. The summed E-state index contributed by atoms with van der Waals surface area (Å²) in [5.41, 5.74) is 0.736. The molecule has 0 saturated heterocycles. The largest absolute Gasteiger partial charge is 0.478 e. The molecule has 92 valence electrons. The number of carbonyl (C=O) groups is 2. The number of hydrogen-bond donors (Lipinski definition) is 2. The molecule has 0 saturated carbocycles. The molecule has 18 heavy (non-hydrogen) atoms. The molecular formula is C12H8BrNO4. The van der Waals surface area contributed by atoms with Crippen LogP contribution in [-0.4, -0.2) is 27.1 Å². The molecule has 0 aliphatic heterocycles. The first-order valence-corrected chi connectivity index (χ1v) is 5.77. The minimum Gasteiger partial charge on any atom is -0.478 e. The van der Waals surface area contributed by atoms with Crippen molar-refractivity contribution in [1.82, 2.24) is 4.98 Å². The van der Waals surface area contributed by atoms with E-state index in [0.29, 0.717) is 16.5 Å². The van der Waals surface area contributed by atoms with Crippen LogP contribution in [0.25, 0.3) is 10.9 Å². The molecule has 0 atom stereocenters. The fraction of sp³-hybridized carbons (Fsp3) is 0.0833. The molecule has 0 bridgehead atoms. The maximum absolute atomic E-state index is 11.2. The third-order valence-corrected chi connectivity index (χ3v) is 3.48. The molecule has 0 radical (unpaired) electrons. The molecule has 0 fully saturated rings. The van der Waals surface area contributed by atoms with Gasteiger partial charge in [-0.1, -0.05) is 15.9 Å². The summed E-state index contributed by atoms with van der Waals surface area (Å²) in [4.78, 5) is 26.1. The Labute approximate surface area is 110 Å². The number of aromatic carboxylic acids is 2. The predicted octanol–water partition coefficient (Wildman–Crippen LogP) is 2.70. The zero-order valence-corrected chi connectivity index (χ0v) is 10.9. The second kappa shape index (κ2) is 4.38. The molecule has 1 heterocycles. The number of benzene rings is 1. The van der Waals surface area contributed by atoms with Gasteiger partial charge in [-0.15, -0.1) is 0 Å². The topological polar surface area (TPSA) is 87.5 Å². The lowest BCUT2D eigenvalue weighted by Crippen LogP contribution is -2.07. The van der Waals surface area contributed by atoms with Gasteiger partial charge in [0.05, 0.1) is 11.1 Å². The van der Waals surface area contributed by atoms with Gasteiger partial charge in [0.2, 0.25) is 0 Å². The van der Waals surface area contributed by atoms with E-state index in [2.05, 4.69) is 20.9 Å². The van der Waals surface area contributed by atoms with Crippen molar-refractivity contribution in [1.29, 1.82) is 0 Å². The Morgan fingerprint density at radius 3 is 2.44 bits per heavy atom. The van der Waals surface area contributed by atoms with E-state index < -0.39 is 11.9 Å². The number of hydrogen-bond acceptors (Lipinski definition) is 3. The first kappa shape index (κ1) is 12.5. The van der Waals surface area contributed by atoms with Crippen LogP contribution in [0.4, 0.5) is 0 Å². The Morgan fingerprint density at radius 1 is 1.22 bits per heavy atom. The van der Waals surface area contributed by atoms with Crippen LogP contribution in [0.1, 0.15) is 26.4 Å². The van der Waals surface area contributed by atoms with E-state index in [1.165, 1.54) is 0 Å². The van der Waals surface area contributed by atoms with Gasteiger partial charge in [0.15, 0.2) is 0 Å². The van der Waals surface area contributed by atoms with Crippen LogP contribution < -0.4 is 0 Å². The lowest BCUT2D eigenvalue weighted by atomic mass is 10.0. The van der Waals surface area contributed by atoms with Crippen LogP contribution in [0.5, 0.6) is 0 Å². The van der Waals surface area contributed by atoms with Crippen LogP contribution in [0.3, 0.4) is 0 Å². The highest BCUT2D eigenvalue weighted by Crippen LogP contribution is 2.28. The minimum atomic E-state index is -1.25. The molecule has 6 heteroatoms. The minimum absolute atomic E-state index is 0.0591. The second-order valence-electron chi connectivity index (χ2n) is 3.73. The molecule has 1 aromatic carbocycles. The monoisotopic (exact) mass is 309 g/mol. The fourth-order valence-corrected chi connectivity index (χ4v) is 2.08. The smallest absolute Gasteiger partial charge is 0.354 e. The number of aryl methyl sites for hydroxylation is 1. The summed E-state index contributed by atoms with van der Waals surface area (Å²) in [6.07, 6.45) is 0. The van der Waals surface area contributed by atoms with Gasteiger partial charge in [0.1, 0.15) is 5.69 Å². The Balaban J connectivity index is 2.95. The van der Waals surface area contributed by atoms with Crippen molar-refractivity contribution < 1.29 is 19.8 Å². The summed E-state index contributed by atoms with van der Waals surface area (Å²) in [5.74, 6) is -2.42. The third kappa shape index (κ3) is 1.95. The average Bonchev–Trinajstić information content (AvgIpc) is 2.32. The van der Waals surface area contributed by atoms with Gasteiger partial charge in [0, 0.05) is 9.86 Å². The number of carboxylic acids is 2. The Hall–Kier alpha value is -1.95. The lowest BCUT2D eigenvalue weighted by molar-refractivity contribution is 0.0691. The number of rotatable bonds is 2. The van der Waals surface area contributed by atoms with E-state index in [1.807, 2.05) is 0 Å². The average molecular weight is 310 g/mol. The van der Waals surface area contributed by atoms with E-state index in [1.54, 1.807) is 19.1 Å². The van der Waals surface area contributed by atoms with Crippen molar-refractivity contribution >= 4 is 38.8 Å². The zero-order valence-electron chi connectivity index (χ0n) is 9.27. The number of halogens is 1. The first-order chi connectivity index (χ1) is 8.41. The highest BCUT2D eigenvalue weighted by atomic mass is 79.9. The summed E-state index contributed by atoms with van der Waals surface area (Å²) in [7, 11) is 0. The second-order valence-corrected chi connectivity index (χ2v) is 4.59. The molecule has 0 aliphatic rings. The van der Waals surface area contributed by atoms with Crippen molar-refractivity contribution in [3.63, 3.8) is 0 Å². The van der Waals surface area contributed by atoms with E-state index >= 15 is 0 Å². The summed E-state index contributed by atoms with van der Waals surface area (Å²) < 4.78 is 0.752. The maximum atomic E-state index is 11.2. The summed E-state index contributed by atoms with van der Waals surface area (Å²) >= 11 is 3.31. The number of pyridine rings is 1. The highest BCUT2D eigenvalue weighted by molar-refractivity contribution is 9.10. The van der Waals surface area contributed by atoms with Crippen molar-refractivity contribution in [3.8, 4) is 0 Å². The van der Waals surface area contributed by atoms with E-state index in [4.69, 9.17) is 10.2 Å². The quantitative estimate of drug-likeness (QED) is 0.890. The number of nitrogens with zero attached hydrogens (tertiary/aromatic N) is 1. The standard InChI is InChI=1S/C12H8BrNO4/c1-5-7(13)2-3-8-10(5)6(11(15)16)4-9(14-8)12(17)18/h2-4H,1H3,(H,15,16)(H,17,18). The lowest BCUT2D eigenvalue weighted by Gasteiger charge is -2.08. The third-order valence-electron chi connectivity index (χ3n) is 2.62. The van der Waals surface area contributed by atoms with Gasteiger partial charge in [-0.25, -0.2) is 14.6 Å². The van der Waals surface area contributed by atoms with Crippen LogP contribution in [0.2, 0.25) is 0 Å². The molecule has 0 amide bonds. The van der Waals surface area contributed by atoms with Gasteiger partial charge in [-0.2, -0.15) is 0 Å². The van der Waals surface area contributed by atoms with Crippen molar-refractivity contribution in [2.45, 2.75) is 6.92 Å². The normalized spacial score (nSPS) is 10.6. The molecule has 0 unspecified atom stereocenters. The number of carboxylic acid groups (broad SMARTS) is 2. The molecule has 1 aromatic heterocycles. The Kier molecular flexibility index (Phi) is 3.04. The number of fused-ring (bicyclic) bond motifs is 1. The SMILES string of the molecule is Cc1c(Br)ccc2nc(C(=O)O)cc(C(=O)O)c12. The molecule has 2 rings (SSSR count). The van der Waals surface area contributed by atoms with Crippen molar-refractivity contribution in [3.05, 3.63) is 39.5 Å². The predicted molar refractivity (Wildman–Crippen MR) is 68.1 cm³/mol. The highest BCUT2D eigenvalue weighted by Gasteiger charge is 2.17. The van der Waals surface area contributed by atoms with Crippen molar-refractivity contribution in [2.75, 3.05) is 0 Å². The summed E-state index contributed by atoms with van der Waals surface area (Å²) in [6.45, 7) is 1.75. The van der Waals surface area contributed by atoms with Gasteiger partial charge in [0.25, 0.3) is 0 Å². The van der Waals surface area contributed by atoms with Gasteiger partial charge >= 0.3 is 11.9 Å². The first-order valence-electron chi connectivity index (χ1n) is 4.98. The zero-order chi connectivity index (χ0) is 13.4.